The number of alkyl halides is 2. The molecule has 0 aromatic carbocycles. The molecule has 1 unspecified atom stereocenters. The van der Waals surface area contributed by atoms with Crippen LogP contribution in [0.2, 0.25) is 5.02 Å². The Labute approximate surface area is 200 Å². The summed E-state index contributed by atoms with van der Waals surface area (Å²) in [6.45, 7) is 7.73. The molecule has 3 aromatic rings. The van der Waals surface area contributed by atoms with Crippen molar-refractivity contribution in [2.24, 2.45) is 0 Å². The molecule has 2 aliphatic rings. The van der Waals surface area contributed by atoms with Crippen LogP contribution in [-0.4, -0.2) is 44.9 Å². The second kappa shape index (κ2) is 7.86. The van der Waals surface area contributed by atoms with E-state index in [9.17, 15) is 13.2 Å². The van der Waals surface area contributed by atoms with E-state index in [1.807, 2.05) is 33.8 Å². The number of nitrogens with zero attached hydrogens (tertiary/aromatic N) is 3. The van der Waals surface area contributed by atoms with Gasteiger partial charge in [0, 0.05) is 42.1 Å². The first-order chi connectivity index (χ1) is 15.9. The minimum Gasteiger partial charge on any atom is -0.472 e. The van der Waals surface area contributed by atoms with Gasteiger partial charge in [-0.1, -0.05) is 11.6 Å². The van der Waals surface area contributed by atoms with Crippen LogP contribution in [0, 0.1) is 12.7 Å². The van der Waals surface area contributed by atoms with Crippen molar-refractivity contribution in [3.8, 4) is 5.88 Å². The highest BCUT2D eigenvalue weighted by Crippen LogP contribution is 2.41. The Bertz CT molecular complexity index is 1260. The van der Waals surface area contributed by atoms with Crippen LogP contribution in [0.15, 0.2) is 30.6 Å². The molecule has 4 heterocycles. The lowest BCUT2D eigenvalue weighted by molar-refractivity contribution is -0.136. The fourth-order valence-corrected chi connectivity index (χ4v) is 4.52. The second-order valence-electron chi connectivity index (χ2n) is 9.79. The van der Waals surface area contributed by atoms with Crippen LogP contribution in [0.5, 0.6) is 5.88 Å². The summed E-state index contributed by atoms with van der Waals surface area (Å²) in [5.41, 5.74) is 1.59. The lowest BCUT2D eigenvalue weighted by Gasteiger charge is -2.36. The van der Waals surface area contributed by atoms with Crippen molar-refractivity contribution < 1.29 is 27.2 Å². The Kier molecular flexibility index (Phi) is 5.42. The van der Waals surface area contributed by atoms with Crippen LogP contribution >= 0.6 is 11.6 Å². The SMILES string of the molecule is Cc1c(CC2(C)OB(c3cnc(OC4CC(F)(F)C4)c(F)c3)OC2(C)C)nn2ccc(Cl)cc12. The number of hydrogen-bond donors (Lipinski definition) is 0. The van der Waals surface area contributed by atoms with E-state index in [4.69, 9.17) is 25.6 Å². The third kappa shape index (κ3) is 4.05. The van der Waals surface area contributed by atoms with E-state index in [1.54, 1.807) is 16.8 Å². The van der Waals surface area contributed by atoms with Gasteiger partial charge in [-0.2, -0.15) is 5.10 Å². The quantitative estimate of drug-likeness (QED) is 0.489. The Balaban J connectivity index is 1.35. The zero-order chi connectivity index (χ0) is 24.5. The number of fused-ring (bicyclic) bond motifs is 1. The van der Waals surface area contributed by atoms with E-state index < -0.39 is 49.0 Å². The Morgan fingerprint density at radius 2 is 1.97 bits per heavy atom. The standard InChI is InChI=1S/C23H24BClF3N3O3/c1-13-18(30-31-6-5-15(25)8-19(13)31)11-22(4)21(2,3)33-24(34-22)14-7-17(26)20(29-12-14)32-16-9-23(27,28)10-16/h5-8,12,16H,9-11H2,1-4H3. The van der Waals surface area contributed by atoms with E-state index in [2.05, 4.69) is 10.1 Å². The van der Waals surface area contributed by atoms with Crippen molar-refractivity contribution >= 4 is 29.7 Å². The lowest BCUT2D eigenvalue weighted by atomic mass is 9.80. The summed E-state index contributed by atoms with van der Waals surface area (Å²) in [6, 6.07) is 4.84. The molecule has 1 aliphatic heterocycles. The van der Waals surface area contributed by atoms with Crippen LogP contribution in [0.4, 0.5) is 13.2 Å². The molecule has 1 aliphatic carbocycles. The molecule has 180 valence electrons. The van der Waals surface area contributed by atoms with Gasteiger partial charge in [-0.05, 0) is 51.5 Å². The summed E-state index contributed by atoms with van der Waals surface area (Å²) in [5.74, 6) is -3.81. The molecule has 0 spiro atoms. The monoisotopic (exact) mass is 493 g/mol. The van der Waals surface area contributed by atoms with Crippen molar-refractivity contribution in [1.29, 1.82) is 0 Å². The van der Waals surface area contributed by atoms with Crippen LogP contribution in [-0.2, 0) is 15.7 Å². The summed E-state index contributed by atoms with van der Waals surface area (Å²) >= 11 is 6.14. The van der Waals surface area contributed by atoms with Crippen LogP contribution < -0.4 is 10.2 Å². The Morgan fingerprint density at radius 3 is 2.65 bits per heavy atom. The minimum atomic E-state index is -2.76. The normalized spacial score (nSPS) is 23.9. The van der Waals surface area contributed by atoms with Crippen molar-refractivity contribution in [2.45, 2.75) is 70.2 Å². The van der Waals surface area contributed by atoms with E-state index in [1.165, 1.54) is 12.3 Å². The molecular weight excluding hydrogens is 470 g/mol. The van der Waals surface area contributed by atoms with Gasteiger partial charge in [0.25, 0.3) is 11.8 Å². The number of rotatable bonds is 5. The number of hydrogen-bond acceptors (Lipinski definition) is 5. The third-order valence-corrected chi connectivity index (χ3v) is 7.16. The van der Waals surface area contributed by atoms with Gasteiger partial charge in [0.05, 0.1) is 22.4 Å². The number of aryl methyl sites for hydroxylation is 1. The smallest absolute Gasteiger partial charge is 0.472 e. The van der Waals surface area contributed by atoms with Crippen molar-refractivity contribution in [1.82, 2.24) is 14.6 Å². The first-order valence-corrected chi connectivity index (χ1v) is 11.4. The minimum absolute atomic E-state index is 0.303. The Morgan fingerprint density at radius 1 is 1.24 bits per heavy atom. The van der Waals surface area contributed by atoms with Crippen molar-refractivity contribution in [2.75, 3.05) is 0 Å². The van der Waals surface area contributed by atoms with E-state index >= 15 is 0 Å². The molecule has 11 heteroatoms. The number of ether oxygens (including phenoxy) is 1. The molecule has 6 nitrogen and oxygen atoms in total. The maximum atomic E-state index is 14.6. The second-order valence-corrected chi connectivity index (χ2v) is 10.2. The molecule has 1 saturated carbocycles. The number of aromatic nitrogens is 3. The van der Waals surface area contributed by atoms with Gasteiger partial charge in [-0.25, -0.2) is 22.7 Å². The first kappa shape index (κ1) is 23.4. The largest absolute Gasteiger partial charge is 0.496 e. The summed E-state index contributed by atoms with van der Waals surface area (Å²) in [7, 11) is -0.865. The highest BCUT2D eigenvalue weighted by Gasteiger charge is 2.55. The maximum absolute atomic E-state index is 14.6. The van der Waals surface area contributed by atoms with Crippen molar-refractivity contribution in [3.63, 3.8) is 0 Å². The van der Waals surface area contributed by atoms with Gasteiger partial charge in [0.2, 0.25) is 0 Å². The average Bonchev–Trinajstić information content (AvgIpc) is 3.14. The summed E-state index contributed by atoms with van der Waals surface area (Å²) in [5, 5.41) is 5.31. The highest BCUT2D eigenvalue weighted by atomic mass is 35.5. The van der Waals surface area contributed by atoms with Gasteiger partial charge in [-0.15, -0.1) is 0 Å². The molecule has 0 radical (unpaired) electrons. The molecule has 3 aromatic heterocycles. The molecular formula is C23H24BClF3N3O3. The van der Waals surface area contributed by atoms with Crippen LogP contribution in [0.25, 0.3) is 5.52 Å². The Hall–Kier alpha value is -2.30. The van der Waals surface area contributed by atoms with Gasteiger partial charge in [0.15, 0.2) is 5.82 Å². The molecule has 0 bridgehead atoms. The summed E-state index contributed by atoms with van der Waals surface area (Å²) in [4.78, 5) is 3.99. The molecule has 2 fully saturated rings. The average molecular weight is 494 g/mol. The van der Waals surface area contributed by atoms with Gasteiger partial charge in [0.1, 0.15) is 6.10 Å². The lowest BCUT2D eigenvalue weighted by Crippen LogP contribution is -2.46. The molecule has 1 saturated heterocycles. The maximum Gasteiger partial charge on any atom is 0.496 e. The molecule has 1 atom stereocenters. The van der Waals surface area contributed by atoms with Gasteiger partial charge in [-0.3, -0.25) is 0 Å². The van der Waals surface area contributed by atoms with Crippen LogP contribution in [0.3, 0.4) is 0 Å². The molecule has 5 rings (SSSR count). The summed E-state index contributed by atoms with van der Waals surface area (Å²) in [6.07, 6.45) is 2.03. The number of halogens is 4. The van der Waals surface area contributed by atoms with E-state index in [0.29, 0.717) is 16.9 Å². The fourth-order valence-electron chi connectivity index (χ4n) is 4.36. The van der Waals surface area contributed by atoms with E-state index in [0.717, 1.165) is 16.8 Å². The van der Waals surface area contributed by atoms with Gasteiger partial charge < -0.3 is 14.0 Å². The topological polar surface area (TPSA) is 57.9 Å². The zero-order valence-electron chi connectivity index (χ0n) is 19.2. The van der Waals surface area contributed by atoms with Crippen LogP contribution in [0.1, 0.15) is 44.9 Å². The fraction of sp³-hybridized carbons (Fsp3) is 0.478. The van der Waals surface area contributed by atoms with E-state index in [-0.39, 0.29) is 5.88 Å². The summed E-state index contributed by atoms with van der Waals surface area (Å²) < 4.78 is 60.2. The predicted molar refractivity (Wildman–Crippen MR) is 121 cm³/mol. The number of pyridine rings is 2. The van der Waals surface area contributed by atoms with Gasteiger partial charge >= 0.3 is 7.12 Å². The third-order valence-electron chi connectivity index (χ3n) is 6.92. The highest BCUT2D eigenvalue weighted by molar-refractivity contribution is 6.62. The predicted octanol–water partition coefficient (Wildman–Crippen LogP) is 4.53. The van der Waals surface area contributed by atoms with Crippen molar-refractivity contribution in [3.05, 3.63) is 52.7 Å². The molecule has 34 heavy (non-hydrogen) atoms. The zero-order valence-corrected chi connectivity index (χ0v) is 20.0. The molecule has 0 amide bonds. The first-order valence-electron chi connectivity index (χ1n) is 11.0. The molecule has 0 N–H and O–H groups in total.